The average Bonchev–Trinajstić information content (AvgIpc) is 3.67. The summed E-state index contributed by atoms with van der Waals surface area (Å²) in [6, 6.07) is 21.7. The van der Waals surface area contributed by atoms with Crippen LogP contribution in [0.3, 0.4) is 0 Å². The van der Waals surface area contributed by atoms with Crippen molar-refractivity contribution >= 4 is 43.7 Å². The number of fused-ring (bicyclic) bond motifs is 3. The predicted octanol–water partition coefficient (Wildman–Crippen LogP) is 14.8. The first kappa shape index (κ1) is 46.3. The molecule has 0 saturated heterocycles. The molecule has 0 spiro atoms. The summed E-state index contributed by atoms with van der Waals surface area (Å²) in [6.07, 6.45) is 10.1. The first-order valence-corrected chi connectivity index (χ1v) is 21.6. The van der Waals surface area contributed by atoms with Crippen LogP contribution in [0.2, 0.25) is 0 Å². The van der Waals surface area contributed by atoms with Crippen LogP contribution in [0.15, 0.2) is 72.6 Å². The maximum Gasteiger partial charge on any atom is 0.164 e. The molecular weight excluding hydrogens is 897 g/mol. The molecule has 3 heterocycles. The number of thiophene rings is 1. The van der Waals surface area contributed by atoms with E-state index in [1.807, 2.05) is 65.1 Å². The molecule has 0 fully saturated rings. The molecule has 0 amide bonds. The van der Waals surface area contributed by atoms with Gasteiger partial charge in [0.15, 0.2) is 5.78 Å². The molecule has 307 valence electrons. The minimum atomic E-state index is -0.337. The quantitative estimate of drug-likeness (QED) is 0.0814. The van der Waals surface area contributed by atoms with Crippen molar-refractivity contribution in [3.8, 4) is 22.4 Å². The van der Waals surface area contributed by atoms with Crippen molar-refractivity contribution in [1.82, 2.24) is 9.97 Å². The van der Waals surface area contributed by atoms with Crippen molar-refractivity contribution in [3.05, 3.63) is 100 Å². The Labute approximate surface area is 361 Å². The van der Waals surface area contributed by atoms with Crippen molar-refractivity contribution in [2.24, 2.45) is 16.7 Å². The third-order valence-electron chi connectivity index (χ3n) is 12.4. The third-order valence-corrected chi connectivity index (χ3v) is 13.5. The summed E-state index contributed by atoms with van der Waals surface area (Å²) in [5, 5.41) is 12.5. The number of rotatable bonds is 11. The van der Waals surface area contributed by atoms with Gasteiger partial charge in [-0.25, -0.2) is 0 Å². The van der Waals surface area contributed by atoms with Crippen molar-refractivity contribution in [1.29, 1.82) is 0 Å². The van der Waals surface area contributed by atoms with Crippen LogP contribution in [-0.4, -0.2) is 20.9 Å². The molecule has 5 aromatic rings. The molecule has 57 heavy (non-hydrogen) atoms. The number of aromatic nitrogens is 2. The molecule has 0 bridgehead atoms. The zero-order valence-corrected chi connectivity index (χ0v) is 40.2. The van der Waals surface area contributed by atoms with Crippen molar-refractivity contribution in [2.75, 3.05) is 0 Å². The van der Waals surface area contributed by atoms with Gasteiger partial charge in [-0.3, -0.25) is 14.8 Å². The molecule has 0 saturated carbocycles. The monoisotopic (exact) mass is 962 g/mol. The number of benzene rings is 2. The predicted molar refractivity (Wildman–Crippen MR) is 242 cm³/mol. The van der Waals surface area contributed by atoms with E-state index in [2.05, 4.69) is 110 Å². The number of aliphatic hydroxyl groups is 1. The maximum absolute atomic E-state index is 12.2. The largest absolute Gasteiger partial charge is 0.512 e. The Morgan fingerprint density at radius 2 is 1.58 bits per heavy atom. The molecule has 4 nitrogen and oxygen atoms in total. The molecule has 2 aromatic carbocycles. The van der Waals surface area contributed by atoms with Gasteiger partial charge >= 0.3 is 0 Å². The normalized spacial score (nSPS) is 14.3. The summed E-state index contributed by atoms with van der Waals surface area (Å²) in [4.78, 5) is 23.7. The van der Waals surface area contributed by atoms with Gasteiger partial charge in [-0.1, -0.05) is 137 Å². The van der Waals surface area contributed by atoms with Gasteiger partial charge in [0.25, 0.3) is 0 Å². The van der Waals surface area contributed by atoms with Gasteiger partial charge in [0.2, 0.25) is 0 Å². The molecule has 6 rings (SSSR count). The van der Waals surface area contributed by atoms with E-state index >= 15 is 0 Å². The number of hydrogen-bond donors (Lipinski definition) is 1. The van der Waals surface area contributed by atoms with E-state index in [1.165, 1.54) is 48.9 Å². The second-order valence-corrected chi connectivity index (χ2v) is 19.7. The fraction of sp³-hybridized carbons (Fsp3) is 0.471. The molecule has 3 aromatic heterocycles. The topological polar surface area (TPSA) is 63.1 Å². The second kappa shape index (κ2) is 17.8. The Bertz CT molecular complexity index is 2290. The van der Waals surface area contributed by atoms with E-state index < -0.39 is 0 Å². The van der Waals surface area contributed by atoms with E-state index in [9.17, 15) is 9.90 Å². The van der Waals surface area contributed by atoms with Crippen molar-refractivity contribution in [2.45, 2.75) is 140 Å². The van der Waals surface area contributed by atoms with Gasteiger partial charge in [0.05, 0.1) is 0 Å². The van der Waals surface area contributed by atoms with E-state index in [0.29, 0.717) is 5.92 Å². The van der Waals surface area contributed by atoms with Crippen LogP contribution in [0.25, 0.3) is 48.9 Å². The van der Waals surface area contributed by atoms with Crippen molar-refractivity contribution < 1.29 is 30.0 Å². The van der Waals surface area contributed by atoms with Gasteiger partial charge in [0, 0.05) is 80.7 Å². The average molecular weight is 962 g/mol. The Morgan fingerprint density at radius 3 is 2.18 bits per heavy atom. The van der Waals surface area contributed by atoms with Crippen LogP contribution in [0.1, 0.15) is 144 Å². The van der Waals surface area contributed by atoms with E-state index in [0.717, 1.165) is 60.0 Å². The summed E-state index contributed by atoms with van der Waals surface area (Å²) >= 11 is 1.93. The number of nitrogens with zero attached hydrogens (tertiary/aromatic N) is 2. The zero-order valence-electron chi connectivity index (χ0n) is 37.0. The van der Waals surface area contributed by atoms with E-state index in [4.69, 9.17) is 9.97 Å². The number of carbonyl (C=O) groups excluding carboxylic acids is 1. The molecule has 1 radical (unpaired) electrons. The van der Waals surface area contributed by atoms with Crippen LogP contribution >= 0.6 is 11.3 Å². The van der Waals surface area contributed by atoms with Gasteiger partial charge in [-0.15, -0.1) is 29.5 Å². The minimum absolute atomic E-state index is 0. The number of pyridine rings is 2. The first-order chi connectivity index (χ1) is 26.2. The van der Waals surface area contributed by atoms with Gasteiger partial charge < -0.3 is 5.11 Å². The molecule has 1 N–H and O–H groups in total. The molecule has 6 heteroatoms. The standard InChI is InChI=1S/C36H37N2S.C15H28O2.Ir/c1-21(2)14-27-16-24-12-11-23(18-31(24)39-27)28-19-30(38-34-32(28)22(3)20-36(34,7)8)26-15-25-10-9-13-37-33(25)29(17-26)35(4,5)6;1-7-14(5,8-2)12(16)11-13(17)15(6,9-3)10-4;/h9-13,16-21H,14H2,1-8H3;11,16H,7-10H2,1-6H3;/q-1;;/b;12-11-;. The summed E-state index contributed by atoms with van der Waals surface area (Å²) < 4.78 is 1.35. The Morgan fingerprint density at radius 1 is 0.930 bits per heavy atom. The summed E-state index contributed by atoms with van der Waals surface area (Å²) in [5.74, 6) is 0.943. The smallest absolute Gasteiger partial charge is 0.164 e. The Hall–Kier alpha value is -3.44. The van der Waals surface area contributed by atoms with Gasteiger partial charge in [-0.2, -0.15) is 0 Å². The van der Waals surface area contributed by atoms with Gasteiger partial charge in [0.1, 0.15) is 5.76 Å². The molecule has 0 atom stereocenters. The van der Waals surface area contributed by atoms with Crippen molar-refractivity contribution in [3.63, 3.8) is 0 Å². The first-order valence-electron chi connectivity index (χ1n) is 20.8. The van der Waals surface area contributed by atoms with Crippen LogP contribution in [0.5, 0.6) is 0 Å². The van der Waals surface area contributed by atoms with Crippen LogP contribution in [0.4, 0.5) is 0 Å². The number of allylic oxidation sites excluding steroid dienone is 4. The molecule has 0 unspecified atom stereocenters. The maximum atomic E-state index is 12.2. The Kier molecular flexibility index (Phi) is 14.5. The molecule has 0 aliphatic heterocycles. The van der Waals surface area contributed by atoms with Gasteiger partial charge in [-0.05, 0) is 84.6 Å². The molecule has 1 aliphatic carbocycles. The number of ketones is 1. The van der Waals surface area contributed by atoms with E-state index in [-0.39, 0.29) is 53.3 Å². The van der Waals surface area contributed by atoms with Crippen LogP contribution in [-0.2, 0) is 42.2 Å². The molecular formula is C51H65IrN2O2S-. The van der Waals surface area contributed by atoms with Crippen LogP contribution in [0, 0.1) is 22.8 Å². The third kappa shape index (κ3) is 9.72. The fourth-order valence-electron chi connectivity index (χ4n) is 7.72. The molecule has 1 aliphatic rings. The number of hydrogen-bond acceptors (Lipinski definition) is 5. The van der Waals surface area contributed by atoms with Crippen LogP contribution < -0.4 is 0 Å². The minimum Gasteiger partial charge on any atom is -0.512 e. The zero-order chi connectivity index (χ0) is 41.4. The van der Waals surface area contributed by atoms with E-state index in [1.54, 1.807) is 0 Å². The summed E-state index contributed by atoms with van der Waals surface area (Å²) in [5.41, 5.74) is 9.71. The number of carbonyl (C=O) groups is 1. The Balaban J connectivity index is 0.000000341. The SMILES string of the molecule is CC1=CC(C)(C)c2nc(-c3[c-]c4cccnc4c(C(C)(C)C)c3)cc(-c3ccc4cc(CC(C)C)sc4c3)c21.CCC(C)(CC)C(=O)/C=C(\O)C(C)(CC)CC.[Ir]. The summed E-state index contributed by atoms with van der Waals surface area (Å²) in [7, 11) is 0. The number of aliphatic hydroxyl groups excluding tert-OH is 1. The summed E-state index contributed by atoms with van der Waals surface area (Å²) in [6.45, 7) is 30.2. The second-order valence-electron chi connectivity index (χ2n) is 18.6. The fourth-order valence-corrected chi connectivity index (χ4v) is 9.04.